The predicted molar refractivity (Wildman–Crippen MR) is 145 cm³/mol. The van der Waals surface area contributed by atoms with Crippen molar-refractivity contribution in [3.05, 3.63) is 71.3 Å². The number of amides is 1. The summed E-state index contributed by atoms with van der Waals surface area (Å²) in [5.41, 5.74) is 2.75. The average molecular weight is 527 g/mol. The van der Waals surface area contributed by atoms with E-state index in [1.54, 1.807) is 29.0 Å². The largest absolute Gasteiger partial charge is 0.307 e. The standard InChI is InChI=1S/C25H26N4O3S3/c1-3-13-28(14-4-2)35(31,32)21-12-8-9-18(15-21)23-19(16-22-24(30)26-25(33)34-22)17-29(27-23)20-10-6-5-7-11-20/h5-12,15-17H,3-4,13-14H2,1-2H3,(H,26,30,33). The molecular weight excluding hydrogens is 501 g/mol. The lowest BCUT2D eigenvalue weighted by Gasteiger charge is -2.21. The second-order valence-corrected chi connectivity index (χ2v) is 11.7. The van der Waals surface area contributed by atoms with Gasteiger partial charge in [-0.25, -0.2) is 13.1 Å². The fraction of sp³-hybridized carbons (Fsp3) is 0.240. The minimum Gasteiger partial charge on any atom is -0.307 e. The third kappa shape index (κ3) is 5.56. The van der Waals surface area contributed by atoms with E-state index in [2.05, 4.69) is 5.32 Å². The molecule has 7 nitrogen and oxygen atoms in total. The number of rotatable bonds is 9. The monoisotopic (exact) mass is 526 g/mol. The van der Waals surface area contributed by atoms with Crippen LogP contribution in [0.2, 0.25) is 0 Å². The molecule has 0 radical (unpaired) electrons. The average Bonchev–Trinajstić information content (AvgIpc) is 3.42. The molecule has 2 aromatic carbocycles. The molecule has 1 amide bonds. The van der Waals surface area contributed by atoms with Crippen LogP contribution in [0.5, 0.6) is 0 Å². The SMILES string of the molecule is CCCN(CCC)S(=O)(=O)c1cccc(-c2nn(-c3ccccc3)cc2C=C2SC(=S)NC2=O)c1. The maximum Gasteiger partial charge on any atom is 0.263 e. The molecule has 0 bridgehead atoms. The highest BCUT2D eigenvalue weighted by Crippen LogP contribution is 2.32. The number of sulfonamides is 1. The number of thiocarbonyl (C=S) groups is 1. The quantitative estimate of drug-likeness (QED) is 0.317. The van der Waals surface area contributed by atoms with Crippen molar-refractivity contribution in [1.29, 1.82) is 0 Å². The van der Waals surface area contributed by atoms with E-state index in [1.807, 2.05) is 56.4 Å². The number of thioether (sulfide) groups is 1. The van der Waals surface area contributed by atoms with Gasteiger partial charge in [0.2, 0.25) is 10.0 Å². The first kappa shape index (κ1) is 25.3. The highest BCUT2D eigenvalue weighted by Gasteiger charge is 2.26. The topological polar surface area (TPSA) is 84.3 Å². The predicted octanol–water partition coefficient (Wildman–Crippen LogP) is 4.84. The van der Waals surface area contributed by atoms with Crippen molar-refractivity contribution in [2.45, 2.75) is 31.6 Å². The van der Waals surface area contributed by atoms with Gasteiger partial charge in [-0.2, -0.15) is 9.40 Å². The zero-order valence-corrected chi connectivity index (χ0v) is 21.9. The van der Waals surface area contributed by atoms with Crippen molar-refractivity contribution < 1.29 is 13.2 Å². The van der Waals surface area contributed by atoms with Crippen LogP contribution in [0.15, 0.2) is 70.6 Å². The van der Waals surface area contributed by atoms with Gasteiger partial charge in [-0.3, -0.25) is 4.79 Å². The number of nitrogens with zero attached hydrogens (tertiary/aromatic N) is 3. The molecule has 1 N–H and O–H groups in total. The molecule has 182 valence electrons. The third-order valence-corrected chi connectivity index (χ3v) is 8.44. The Kier molecular flexibility index (Phi) is 7.85. The molecular formula is C25H26N4O3S3. The maximum atomic E-state index is 13.4. The van der Waals surface area contributed by atoms with Gasteiger partial charge in [-0.15, -0.1) is 0 Å². The number of aromatic nitrogens is 2. The summed E-state index contributed by atoms with van der Waals surface area (Å²) in [4.78, 5) is 13.0. The summed E-state index contributed by atoms with van der Waals surface area (Å²) in [6, 6.07) is 16.4. The van der Waals surface area contributed by atoms with E-state index in [0.29, 0.717) is 39.1 Å². The van der Waals surface area contributed by atoms with Crippen LogP contribution in [0.4, 0.5) is 0 Å². The van der Waals surface area contributed by atoms with Crippen molar-refractivity contribution in [2.75, 3.05) is 13.1 Å². The summed E-state index contributed by atoms with van der Waals surface area (Å²) < 4.78 is 30.4. The molecule has 0 unspecified atom stereocenters. The van der Waals surface area contributed by atoms with E-state index in [-0.39, 0.29) is 10.8 Å². The van der Waals surface area contributed by atoms with Crippen LogP contribution in [0.3, 0.4) is 0 Å². The number of benzene rings is 2. The zero-order chi connectivity index (χ0) is 25.0. The fourth-order valence-corrected chi connectivity index (χ4v) is 6.50. The Hall–Kier alpha value is -2.79. The number of hydrogen-bond acceptors (Lipinski definition) is 6. The van der Waals surface area contributed by atoms with Crippen LogP contribution in [0, 0.1) is 0 Å². The molecule has 0 atom stereocenters. The summed E-state index contributed by atoms with van der Waals surface area (Å²) >= 11 is 6.31. The van der Waals surface area contributed by atoms with Crippen LogP contribution < -0.4 is 5.32 Å². The zero-order valence-electron chi connectivity index (χ0n) is 19.5. The molecule has 1 fully saturated rings. The molecule has 1 aliphatic rings. The van der Waals surface area contributed by atoms with Crippen LogP contribution in [-0.4, -0.2) is 45.8 Å². The molecule has 2 heterocycles. The lowest BCUT2D eigenvalue weighted by atomic mass is 10.1. The number of para-hydroxylation sites is 1. The highest BCUT2D eigenvalue weighted by atomic mass is 32.2. The Bertz CT molecular complexity index is 1380. The number of carbonyl (C=O) groups excluding carboxylic acids is 1. The minimum absolute atomic E-state index is 0.221. The van der Waals surface area contributed by atoms with Gasteiger partial charge in [-0.1, -0.05) is 68.2 Å². The molecule has 0 aliphatic carbocycles. The van der Waals surface area contributed by atoms with Gasteiger partial charge in [0.15, 0.2) is 0 Å². The van der Waals surface area contributed by atoms with Crippen molar-refractivity contribution in [2.24, 2.45) is 0 Å². The van der Waals surface area contributed by atoms with Gasteiger partial charge >= 0.3 is 0 Å². The Morgan fingerprint density at radius 3 is 2.43 bits per heavy atom. The Morgan fingerprint density at radius 1 is 1.09 bits per heavy atom. The maximum absolute atomic E-state index is 13.4. The normalized spacial score (nSPS) is 15.2. The number of carbonyl (C=O) groups is 1. The number of hydrogen-bond donors (Lipinski definition) is 1. The first-order chi connectivity index (χ1) is 16.8. The van der Waals surface area contributed by atoms with Gasteiger partial charge < -0.3 is 5.32 Å². The summed E-state index contributed by atoms with van der Waals surface area (Å²) in [6.45, 7) is 4.86. The van der Waals surface area contributed by atoms with Gasteiger partial charge in [0.05, 0.1) is 15.5 Å². The molecule has 0 spiro atoms. The summed E-state index contributed by atoms with van der Waals surface area (Å²) in [5, 5.41) is 7.39. The molecule has 1 aromatic heterocycles. The van der Waals surface area contributed by atoms with E-state index in [0.717, 1.165) is 18.5 Å². The Morgan fingerprint density at radius 2 is 1.80 bits per heavy atom. The van der Waals surface area contributed by atoms with Crippen molar-refractivity contribution in [1.82, 2.24) is 19.4 Å². The van der Waals surface area contributed by atoms with Crippen LogP contribution >= 0.6 is 24.0 Å². The first-order valence-corrected chi connectivity index (χ1v) is 14.0. The highest BCUT2D eigenvalue weighted by molar-refractivity contribution is 8.26. The van der Waals surface area contributed by atoms with Crippen LogP contribution in [-0.2, 0) is 14.8 Å². The van der Waals surface area contributed by atoms with E-state index in [4.69, 9.17) is 17.3 Å². The van der Waals surface area contributed by atoms with Gasteiger partial charge in [0.1, 0.15) is 10.0 Å². The lowest BCUT2D eigenvalue weighted by Crippen LogP contribution is -2.32. The van der Waals surface area contributed by atoms with E-state index >= 15 is 0 Å². The van der Waals surface area contributed by atoms with Gasteiger partial charge in [0.25, 0.3) is 5.91 Å². The van der Waals surface area contributed by atoms with Gasteiger partial charge in [-0.05, 0) is 43.2 Å². The van der Waals surface area contributed by atoms with Crippen LogP contribution in [0.25, 0.3) is 23.0 Å². The van der Waals surface area contributed by atoms with Gasteiger partial charge in [0, 0.05) is 30.4 Å². The van der Waals surface area contributed by atoms with E-state index < -0.39 is 10.0 Å². The fourth-order valence-electron chi connectivity index (χ4n) is 3.80. The van der Waals surface area contributed by atoms with Crippen LogP contribution in [0.1, 0.15) is 32.3 Å². The molecule has 35 heavy (non-hydrogen) atoms. The van der Waals surface area contributed by atoms with Crippen molar-refractivity contribution in [3.63, 3.8) is 0 Å². The second-order valence-electron chi connectivity index (χ2n) is 8.00. The summed E-state index contributed by atoms with van der Waals surface area (Å²) in [6.07, 6.45) is 5.04. The third-order valence-electron chi connectivity index (χ3n) is 5.38. The summed E-state index contributed by atoms with van der Waals surface area (Å²) in [7, 11) is -3.65. The molecule has 1 aliphatic heterocycles. The smallest absolute Gasteiger partial charge is 0.263 e. The summed E-state index contributed by atoms with van der Waals surface area (Å²) in [5.74, 6) is -0.260. The minimum atomic E-state index is -3.65. The second kappa shape index (κ2) is 10.9. The number of nitrogens with one attached hydrogen (secondary N) is 1. The first-order valence-electron chi connectivity index (χ1n) is 11.3. The molecule has 4 rings (SSSR count). The Balaban J connectivity index is 1.82. The van der Waals surface area contributed by atoms with Crippen molar-refractivity contribution >= 4 is 50.3 Å². The molecule has 0 saturated carbocycles. The van der Waals surface area contributed by atoms with Crippen molar-refractivity contribution in [3.8, 4) is 16.9 Å². The Labute approximate surface area is 215 Å². The molecule has 3 aromatic rings. The molecule has 1 saturated heterocycles. The van der Waals surface area contributed by atoms with E-state index in [9.17, 15) is 13.2 Å². The lowest BCUT2D eigenvalue weighted by molar-refractivity contribution is -0.115. The molecule has 10 heteroatoms. The van der Waals surface area contributed by atoms with E-state index in [1.165, 1.54) is 16.1 Å².